The lowest BCUT2D eigenvalue weighted by Crippen LogP contribution is -2.19. The van der Waals surface area contributed by atoms with E-state index in [9.17, 15) is 4.39 Å². The molecular formula is C12H16FNS. The second kappa shape index (κ2) is 5.52. The van der Waals surface area contributed by atoms with Crippen LogP contribution in [0.4, 0.5) is 4.39 Å². The summed E-state index contributed by atoms with van der Waals surface area (Å²) >= 11 is 1.77. The van der Waals surface area contributed by atoms with Crippen molar-refractivity contribution >= 4 is 11.8 Å². The first-order valence-corrected chi connectivity index (χ1v) is 6.42. The zero-order valence-electron chi connectivity index (χ0n) is 8.71. The molecule has 0 atom stereocenters. The number of thioether (sulfide) groups is 1. The van der Waals surface area contributed by atoms with Crippen LogP contribution in [0.5, 0.6) is 0 Å². The zero-order chi connectivity index (χ0) is 10.5. The van der Waals surface area contributed by atoms with Crippen LogP contribution < -0.4 is 5.32 Å². The Morgan fingerprint density at radius 2 is 2.00 bits per heavy atom. The molecule has 1 N–H and O–H groups in total. The molecule has 0 bridgehead atoms. The third-order valence-corrected chi connectivity index (χ3v) is 3.50. The summed E-state index contributed by atoms with van der Waals surface area (Å²) in [6.07, 6.45) is 2.80. The molecule has 1 aliphatic carbocycles. The van der Waals surface area contributed by atoms with E-state index < -0.39 is 0 Å². The Bertz CT molecular complexity index is 295. The Hall–Kier alpha value is -0.540. The van der Waals surface area contributed by atoms with Gasteiger partial charge in [-0.2, -0.15) is 0 Å². The summed E-state index contributed by atoms with van der Waals surface area (Å²) in [6.45, 7) is 2.21. The molecule has 0 aromatic heterocycles. The number of benzene rings is 1. The van der Waals surface area contributed by atoms with Crippen molar-refractivity contribution in [3.05, 3.63) is 30.1 Å². The van der Waals surface area contributed by atoms with Crippen LogP contribution in [0.25, 0.3) is 0 Å². The zero-order valence-corrected chi connectivity index (χ0v) is 9.52. The lowest BCUT2D eigenvalue weighted by Gasteiger charge is -2.03. The summed E-state index contributed by atoms with van der Waals surface area (Å²) < 4.78 is 12.6. The van der Waals surface area contributed by atoms with Gasteiger partial charge in [0.2, 0.25) is 0 Å². The van der Waals surface area contributed by atoms with Crippen LogP contribution >= 0.6 is 11.8 Å². The number of hydrogen-bond donors (Lipinski definition) is 1. The Labute approximate surface area is 94.5 Å². The largest absolute Gasteiger partial charge is 0.316 e. The molecule has 3 heteroatoms. The van der Waals surface area contributed by atoms with Crippen LogP contribution in [-0.2, 0) is 0 Å². The Morgan fingerprint density at radius 1 is 1.27 bits per heavy atom. The highest BCUT2D eigenvalue weighted by molar-refractivity contribution is 7.99. The van der Waals surface area contributed by atoms with Gasteiger partial charge in [-0.3, -0.25) is 0 Å². The highest BCUT2D eigenvalue weighted by Crippen LogP contribution is 2.27. The van der Waals surface area contributed by atoms with Gasteiger partial charge in [0.05, 0.1) is 0 Å². The average Bonchev–Trinajstić information content (AvgIpc) is 3.04. The van der Waals surface area contributed by atoms with Gasteiger partial charge in [0.25, 0.3) is 0 Å². The summed E-state index contributed by atoms with van der Waals surface area (Å²) in [6, 6.07) is 6.70. The van der Waals surface area contributed by atoms with E-state index in [1.807, 2.05) is 12.1 Å². The van der Waals surface area contributed by atoms with Crippen molar-refractivity contribution in [2.45, 2.75) is 17.7 Å². The normalized spacial score (nSPS) is 15.5. The molecule has 0 saturated heterocycles. The third-order valence-electron chi connectivity index (χ3n) is 2.49. The number of rotatable bonds is 6. The summed E-state index contributed by atoms with van der Waals surface area (Å²) in [5.74, 6) is 1.84. The van der Waals surface area contributed by atoms with Gasteiger partial charge in [-0.1, -0.05) is 0 Å². The molecule has 0 spiro atoms. The van der Waals surface area contributed by atoms with Crippen molar-refractivity contribution in [1.82, 2.24) is 5.32 Å². The predicted molar refractivity (Wildman–Crippen MR) is 62.7 cm³/mol. The van der Waals surface area contributed by atoms with Crippen LogP contribution in [0, 0.1) is 11.7 Å². The van der Waals surface area contributed by atoms with Crippen LogP contribution in [0.3, 0.4) is 0 Å². The van der Waals surface area contributed by atoms with Crippen molar-refractivity contribution in [2.75, 3.05) is 18.8 Å². The van der Waals surface area contributed by atoms with Crippen molar-refractivity contribution in [3.8, 4) is 0 Å². The van der Waals surface area contributed by atoms with E-state index in [2.05, 4.69) is 5.32 Å². The van der Waals surface area contributed by atoms with Crippen molar-refractivity contribution < 1.29 is 4.39 Å². The van der Waals surface area contributed by atoms with Crippen LogP contribution in [0.2, 0.25) is 0 Å². The van der Waals surface area contributed by atoms with Gasteiger partial charge in [0.1, 0.15) is 5.82 Å². The van der Waals surface area contributed by atoms with E-state index in [1.165, 1.54) is 31.5 Å². The molecule has 0 radical (unpaired) electrons. The van der Waals surface area contributed by atoms with E-state index in [-0.39, 0.29) is 5.82 Å². The smallest absolute Gasteiger partial charge is 0.123 e. The molecule has 82 valence electrons. The highest BCUT2D eigenvalue weighted by Gasteiger charge is 2.19. The van der Waals surface area contributed by atoms with E-state index in [1.54, 1.807) is 11.8 Å². The number of nitrogens with one attached hydrogen (secondary N) is 1. The fraction of sp³-hybridized carbons (Fsp3) is 0.500. The van der Waals surface area contributed by atoms with Crippen molar-refractivity contribution in [1.29, 1.82) is 0 Å². The minimum Gasteiger partial charge on any atom is -0.316 e. The van der Waals surface area contributed by atoms with Gasteiger partial charge in [0.15, 0.2) is 0 Å². The average molecular weight is 225 g/mol. The summed E-state index contributed by atoms with van der Waals surface area (Å²) in [4.78, 5) is 1.14. The van der Waals surface area contributed by atoms with Gasteiger partial charge < -0.3 is 5.32 Å². The minimum atomic E-state index is -0.161. The SMILES string of the molecule is Fc1ccc(SCCNCC2CC2)cc1. The van der Waals surface area contributed by atoms with E-state index in [0.717, 1.165) is 23.1 Å². The maximum atomic E-state index is 12.6. The first-order chi connectivity index (χ1) is 7.34. The summed E-state index contributed by atoms with van der Waals surface area (Å²) in [7, 11) is 0. The fourth-order valence-corrected chi connectivity index (χ4v) is 2.21. The van der Waals surface area contributed by atoms with Crippen molar-refractivity contribution in [2.24, 2.45) is 5.92 Å². The predicted octanol–water partition coefficient (Wildman–Crippen LogP) is 2.92. The van der Waals surface area contributed by atoms with Crippen LogP contribution in [0.1, 0.15) is 12.8 Å². The van der Waals surface area contributed by atoms with Gasteiger partial charge >= 0.3 is 0 Å². The minimum absolute atomic E-state index is 0.161. The lowest BCUT2D eigenvalue weighted by molar-refractivity contribution is 0.626. The summed E-state index contributed by atoms with van der Waals surface area (Å²) in [5, 5.41) is 3.43. The number of halogens is 1. The molecule has 1 saturated carbocycles. The topological polar surface area (TPSA) is 12.0 Å². The third kappa shape index (κ3) is 4.22. The Morgan fingerprint density at radius 3 is 2.67 bits per heavy atom. The first kappa shape index (κ1) is 11.0. The van der Waals surface area contributed by atoms with Gasteiger partial charge in [0, 0.05) is 17.2 Å². The highest BCUT2D eigenvalue weighted by atomic mass is 32.2. The molecule has 0 amide bonds. The molecular weight excluding hydrogens is 209 g/mol. The van der Waals surface area contributed by atoms with Crippen LogP contribution in [0.15, 0.2) is 29.2 Å². The monoisotopic (exact) mass is 225 g/mol. The molecule has 0 heterocycles. The lowest BCUT2D eigenvalue weighted by atomic mass is 10.4. The quantitative estimate of drug-likeness (QED) is 0.590. The van der Waals surface area contributed by atoms with Gasteiger partial charge in [-0.05, 0) is 49.6 Å². The van der Waals surface area contributed by atoms with E-state index in [4.69, 9.17) is 0 Å². The molecule has 2 rings (SSSR count). The second-order valence-electron chi connectivity index (χ2n) is 3.95. The summed E-state index contributed by atoms with van der Waals surface area (Å²) in [5.41, 5.74) is 0. The molecule has 1 aliphatic rings. The fourth-order valence-electron chi connectivity index (χ4n) is 1.40. The Kier molecular flexibility index (Phi) is 4.03. The van der Waals surface area contributed by atoms with Crippen molar-refractivity contribution in [3.63, 3.8) is 0 Å². The maximum absolute atomic E-state index is 12.6. The first-order valence-electron chi connectivity index (χ1n) is 5.44. The molecule has 1 aromatic carbocycles. The number of hydrogen-bond acceptors (Lipinski definition) is 2. The maximum Gasteiger partial charge on any atom is 0.123 e. The van der Waals surface area contributed by atoms with Gasteiger partial charge in [-0.25, -0.2) is 4.39 Å². The molecule has 1 aromatic rings. The van der Waals surface area contributed by atoms with Gasteiger partial charge in [-0.15, -0.1) is 11.8 Å². The standard InChI is InChI=1S/C12H16FNS/c13-11-3-5-12(6-4-11)15-8-7-14-9-10-1-2-10/h3-6,10,14H,1-2,7-9H2. The molecule has 1 fully saturated rings. The second-order valence-corrected chi connectivity index (χ2v) is 5.12. The van der Waals surface area contributed by atoms with E-state index in [0.29, 0.717) is 0 Å². The molecule has 1 nitrogen and oxygen atoms in total. The van der Waals surface area contributed by atoms with E-state index >= 15 is 0 Å². The van der Waals surface area contributed by atoms with Crippen LogP contribution in [-0.4, -0.2) is 18.8 Å². The molecule has 15 heavy (non-hydrogen) atoms. The molecule has 0 unspecified atom stereocenters. The Balaban J connectivity index is 1.58. The molecule has 0 aliphatic heterocycles.